The Morgan fingerprint density at radius 1 is 1.17 bits per heavy atom. The molecule has 2 aromatic carbocycles. The largest absolute Gasteiger partial charge is 0.495 e. The Morgan fingerprint density at radius 3 is 2.53 bits per heavy atom. The smallest absolute Gasteiger partial charge is 0.265 e. The van der Waals surface area contributed by atoms with Gasteiger partial charge in [-0.3, -0.25) is 14.8 Å². The summed E-state index contributed by atoms with van der Waals surface area (Å²) in [6, 6.07) is 8.50. The fourth-order valence-electron chi connectivity index (χ4n) is 2.86. The normalized spacial score (nSPS) is 11.2. The van der Waals surface area contributed by atoms with Crippen LogP contribution in [0.25, 0.3) is 11.1 Å². The summed E-state index contributed by atoms with van der Waals surface area (Å²) in [5.74, 6) is -0.705. The minimum atomic E-state index is -4.13. The van der Waals surface area contributed by atoms with Crippen molar-refractivity contribution < 1.29 is 26.9 Å². The molecule has 0 radical (unpaired) electrons. The molecule has 3 rings (SSSR count). The van der Waals surface area contributed by atoms with E-state index in [1.807, 2.05) is 0 Å². The first-order valence-corrected chi connectivity index (χ1v) is 10.3. The molecule has 0 atom stereocenters. The monoisotopic (exact) mass is 433 g/mol. The van der Waals surface area contributed by atoms with Crippen molar-refractivity contribution in [2.75, 3.05) is 17.1 Å². The van der Waals surface area contributed by atoms with Gasteiger partial charge >= 0.3 is 0 Å². The summed E-state index contributed by atoms with van der Waals surface area (Å²) >= 11 is 0. The predicted molar refractivity (Wildman–Crippen MR) is 109 cm³/mol. The number of aryl methyl sites for hydroxylation is 2. The number of carbonyl (C=O) groups is 1. The lowest BCUT2D eigenvalue weighted by Crippen LogP contribution is -2.14. The minimum Gasteiger partial charge on any atom is -0.495 e. The van der Waals surface area contributed by atoms with Crippen LogP contribution in [0.2, 0.25) is 0 Å². The van der Waals surface area contributed by atoms with E-state index in [1.165, 1.54) is 38.3 Å². The quantitative estimate of drug-likeness (QED) is 0.611. The van der Waals surface area contributed by atoms with Crippen molar-refractivity contribution in [3.05, 3.63) is 53.5 Å². The number of nitrogens with one attached hydrogen (secondary N) is 2. The van der Waals surface area contributed by atoms with Crippen molar-refractivity contribution in [1.82, 2.24) is 5.16 Å². The Hall–Kier alpha value is -3.40. The molecule has 1 amide bonds. The van der Waals surface area contributed by atoms with E-state index in [4.69, 9.17) is 9.26 Å². The molecule has 1 heterocycles. The zero-order chi connectivity index (χ0) is 22.1. The lowest BCUT2D eigenvalue weighted by Gasteiger charge is -2.14. The Balaban J connectivity index is 2.08. The molecule has 2 N–H and O–H groups in total. The van der Waals surface area contributed by atoms with E-state index in [2.05, 4.69) is 15.2 Å². The lowest BCUT2D eigenvalue weighted by molar-refractivity contribution is -0.114. The van der Waals surface area contributed by atoms with Gasteiger partial charge in [0.25, 0.3) is 10.0 Å². The average molecular weight is 433 g/mol. The Bertz CT molecular complexity index is 1220. The molecule has 10 heteroatoms. The molecule has 1 aromatic heterocycles. The number of halogens is 1. The standard InChI is InChI=1S/C20H20FN3O5S/c1-11-5-7-15(10-16(11)21)24-30(26,27)18-9-14(6-8-17(18)28-4)19-12(2)23-29-20(19)22-13(3)25/h5-10,24H,1-4H3,(H,22,25). The number of hydrogen-bond acceptors (Lipinski definition) is 6. The summed E-state index contributed by atoms with van der Waals surface area (Å²) in [7, 11) is -2.79. The predicted octanol–water partition coefficient (Wildman–Crippen LogP) is 3.87. The minimum absolute atomic E-state index is 0.0747. The third-order valence-corrected chi connectivity index (χ3v) is 5.72. The number of carbonyl (C=O) groups excluding carboxylic acids is 1. The Labute approximate surface area is 173 Å². The first-order valence-electron chi connectivity index (χ1n) is 8.83. The molecular weight excluding hydrogens is 413 g/mol. The summed E-state index contributed by atoms with van der Waals surface area (Å²) in [4.78, 5) is 11.3. The van der Waals surface area contributed by atoms with Crippen molar-refractivity contribution in [2.24, 2.45) is 0 Å². The average Bonchev–Trinajstić information content (AvgIpc) is 3.03. The van der Waals surface area contributed by atoms with Crippen LogP contribution in [0.3, 0.4) is 0 Å². The van der Waals surface area contributed by atoms with Crippen molar-refractivity contribution in [2.45, 2.75) is 25.7 Å². The maximum Gasteiger partial charge on any atom is 0.265 e. The number of hydrogen-bond donors (Lipinski definition) is 2. The van der Waals surface area contributed by atoms with Crippen LogP contribution >= 0.6 is 0 Å². The molecule has 3 aromatic rings. The molecule has 0 saturated heterocycles. The van der Waals surface area contributed by atoms with Gasteiger partial charge in [-0.25, -0.2) is 12.8 Å². The molecule has 0 spiro atoms. The molecular formula is C20H20FN3O5S. The van der Waals surface area contributed by atoms with Crippen molar-refractivity contribution in [3.8, 4) is 16.9 Å². The number of benzene rings is 2. The van der Waals surface area contributed by atoms with Crippen LogP contribution in [0, 0.1) is 19.7 Å². The molecule has 0 saturated carbocycles. The maximum absolute atomic E-state index is 13.8. The van der Waals surface area contributed by atoms with Gasteiger partial charge in [0.15, 0.2) is 0 Å². The van der Waals surface area contributed by atoms with Gasteiger partial charge in [-0.05, 0) is 49.2 Å². The molecule has 158 valence electrons. The van der Waals surface area contributed by atoms with Gasteiger partial charge in [0.1, 0.15) is 16.5 Å². The number of amides is 1. The molecule has 0 unspecified atom stereocenters. The van der Waals surface area contributed by atoms with E-state index in [0.717, 1.165) is 6.07 Å². The first kappa shape index (κ1) is 21.3. The molecule has 0 aliphatic rings. The highest BCUT2D eigenvalue weighted by Crippen LogP contribution is 2.36. The van der Waals surface area contributed by atoms with Gasteiger partial charge < -0.3 is 9.26 Å². The van der Waals surface area contributed by atoms with Crippen LogP contribution in [0.1, 0.15) is 18.2 Å². The van der Waals surface area contributed by atoms with Gasteiger partial charge in [-0.1, -0.05) is 17.3 Å². The number of methoxy groups -OCH3 is 1. The van der Waals surface area contributed by atoms with E-state index in [0.29, 0.717) is 22.4 Å². The van der Waals surface area contributed by atoms with Gasteiger partial charge in [-0.15, -0.1) is 0 Å². The van der Waals surface area contributed by atoms with E-state index < -0.39 is 15.8 Å². The Kier molecular flexibility index (Phi) is 5.79. The third kappa shape index (κ3) is 4.28. The number of nitrogens with zero attached hydrogens (tertiary/aromatic N) is 1. The van der Waals surface area contributed by atoms with E-state index >= 15 is 0 Å². The van der Waals surface area contributed by atoms with Crippen molar-refractivity contribution in [3.63, 3.8) is 0 Å². The highest BCUT2D eigenvalue weighted by Gasteiger charge is 2.24. The molecule has 0 aliphatic heterocycles. The van der Waals surface area contributed by atoms with E-state index in [1.54, 1.807) is 19.9 Å². The van der Waals surface area contributed by atoms with Gasteiger partial charge in [-0.2, -0.15) is 0 Å². The number of rotatable bonds is 6. The number of sulfonamides is 1. The maximum atomic E-state index is 13.8. The fraction of sp³-hybridized carbons (Fsp3) is 0.200. The second-order valence-corrected chi connectivity index (χ2v) is 8.24. The lowest BCUT2D eigenvalue weighted by atomic mass is 10.1. The van der Waals surface area contributed by atoms with E-state index in [9.17, 15) is 17.6 Å². The zero-order valence-electron chi connectivity index (χ0n) is 16.7. The van der Waals surface area contributed by atoms with Crippen LogP contribution in [0.15, 0.2) is 45.8 Å². The van der Waals surface area contributed by atoms with Crippen LogP contribution in [-0.4, -0.2) is 26.6 Å². The highest BCUT2D eigenvalue weighted by molar-refractivity contribution is 7.92. The highest BCUT2D eigenvalue weighted by atomic mass is 32.2. The topological polar surface area (TPSA) is 111 Å². The molecule has 8 nitrogen and oxygen atoms in total. The molecule has 0 aliphatic carbocycles. The second kappa shape index (κ2) is 8.15. The van der Waals surface area contributed by atoms with Crippen molar-refractivity contribution in [1.29, 1.82) is 0 Å². The SMILES string of the molecule is COc1ccc(-c2c(C)noc2NC(C)=O)cc1S(=O)(=O)Nc1ccc(C)c(F)c1. The molecule has 30 heavy (non-hydrogen) atoms. The summed E-state index contributed by atoms with van der Waals surface area (Å²) < 4.78 is 52.6. The molecule has 0 fully saturated rings. The number of anilines is 2. The van der Waals surface area contributed by atoms with Crippen LogP contribution in [0.4, 0.5) is 16.0 Å². The zero-order valence-corrected chi connectivity index (χ0v) is 17.6. The van der Waals surface area contributed by atoms with Gasteiger partial charge in [0, 0.05) is 6.92 Å². The van der Waals surface area contributed by atoms with E-state index in [-0.39, 0.29) is 28.1 Å². The van der Waals surface area contributed by atoms with Gasteiger partial charge in [0.05, 0.1) is 24.1 Å². The van der Waals surface area contributed by atoms with Crippen molar-refractivity contribution >= 4 is 27.5 Å². The summed E-state index contributed by atoms with van der Waals surface area (Å²) in [6.07, 6.45) is 0. The van der Waals surface area contributed by atoms with Gasteiger partial charge in [0.2, 0.25) is 11.8 Å². The third-order valence-electron chi connectivity index (χ3n) is 4.32. The molecule has 0 bridgehead atoms. The first-order chi connectivity index (χ1) is 14.1. The summed E-state index contributed by atoms with van der Waals surface area (Å²) in [5, 5.41) is 6.36. The van der Waals surface area contributed by atoms with Crippen LogP contribution < -0.4 is 14.8 Å². The fourth-order valence-corrected chi connectivity index (χ4v) is 4.11. The Morgan fingerprint density at radius 2 is 1.90 bits per heavy atom. The van der Waals surface area contributed by atoms with Crippen LogP contribution in [0.5, 0.6) is 5.75 Å². The summed E-state index contributed by atoms with van der Waals surface area (Å²) in [6.45, 7) is 4.56. The number of ether oxygens (including phenoxy) is 1. The summed E-state index contributed by atoms with van der Waals surface area (Å²) in [5.41, 5.74) is 1.80. The number of aromatic nitrogens is 1. The second-order valence-electron chi connectivity index (χ2n) is 6.59. The van der Waals surface area contributed by atoms with Crippen LogP contribution in [-0.2, 0) is 14.8 Å².